The zero-order chi connectivity index (χ0) is 22.1. The lowest BCUT2D eigenvalue weighted by Crippen LogP contribution is -2.31. The number of furan rings is 1. The molecule has 32 heavy (non-hydrogen) atoms. The van der Waals surface area contributed by atoms with Gasteiger partial charge in [-0.1, -0.05) is 30.3 Å². The van der Waals surface area contributed by atoms with E-state index in [2.05, 4.69) is 0 Å². The summed E-state index contributed by atoms with van der Waals surface area (Å²) in [6.45, 7) is 3.22. The highest BCUT2D eigenvalue weighted by molar-refractivity contribution is 6.09. The average Bonchev–Trinajstić information content (AvgIpc) is 3.54. The number of aryl methyl sites for hydroxylation is 1. The molecule has 0 unspecified atom stereocenters. The molecule has 0 spiro atoms. The lowest BCUT2D eigenvalue weighted by Gasteiger charge is -2.23. The summed E-state index contributed by atoms with van der Waals surface area (Å²) in [6, 6.07) is 15.6. The number of fused-ring (bicyclic) bond motifs is 2. The normalized spacial score (nSPS) is 12.8. The van der Waals surface area contributed by atoms with E-state index >= 15 is 0 Å². The molecule has 0 atom stereocenters. The summed E-state index contributed by atoms with van der Waals surface area (Å²) in [5.74, 6) is 1.26. The van der Waals surface area contributed by atoms with Crippen LogP contribution in [-0.4, -0.2) is 27.2 Å². The topological polar surface area (TPSA) is 60.5 Å². The van der Waals surface area contributed by atoms with Gasteiger partial charge in [0.2, 0.25) is 0 Å². The molecule has 1 aliphatic carbocycles. The molecule has 1 amide bonds. The largest absolute Gasteiger partial charge is 0.493 e. The molecule has 4 aromatic rings. The number of amides is 1. The minimum atomic E-state index is -0.0842. The van der Waals surface area contributed by atoms with Crippen LogP contribution in [0.15, 0.2) is 59.2 Å². The van der Waals surface area contributed by atoms with Gasteiger partial charge < -0.3 is 14.1 Å². The zero-order valence-corrected chi connectivity index (χ0v) is 18.5. The number of benzene rings is 2. The Morgan fingerprint density at radius 3 is 2.81 bits per heavy atom. The molecule has 0 bridgehead atoms. The number of carbonyl (C=O) groups is 1. The van der Waals surface area contributed by atoms with Gasteiger partial charge in [-0.25, -0.2) is 0 Å². The first-order valence-electron chi connectivity index (χ1n) is 11.2. The summed E-state index contributed by atoms with van der Waals surface area (Å²) < 4.78 is 13.5. The summed E-state index contributed by atoms with van der Waals surface area (Å²) in [7, 11) is 1.99. The van der Waals surface area contributed by atoms with E-state index in [9.17, 15) is 4.79 Å². The van der Waals surface area contributed by atoms with Crippen LogP contribution in [-0.2, 0) is 33.0 Å². The van der Waals surface area contributed by atoms with Gasteiger partial charge in [0.25, 0.3) is 5.91 Å². The van der Waals surface area contributed by atoms with E-state index in [0.717, 1.165) is 41.5 Å². The van der Waals surface area contributed by atoms with Crippen molar-refractivity contribution in [3.8, 4) is 5.75 Å². The second kappa shape index (κ2) is 8.54. The number of hydrogen-bond donors (Lipinski definition) is 0. The molecule has 6 nitrogen and oxygen atoms in total. The molecular weight excluding hydrogens is 402 g/mol. The maximum absolute atomic E-state index is 14.1. The van der Waals surface area contributed by atoms with E-state index in [1.54, 1.807) is 6.26 Å². The number of rotatable bonds is 7. The Morgan fingerprint density at radius 1 is 1.12 bits per heavy atom. The van der Waals surface area contributed by atoms with E-state index in [1.165, 1.54) is 11.3 Å². The highest BCUT2D eigenvalue weighted by Gasteiger charge is 2.27. The third kappa shape index (κ3) is 3.66. The van der Waals surface area contributed by atoms with Crippen LogP contribution < -0.4 is 4.74 Å². The van der Waals surface area contributed by atoms with Crippen molar-refractivity contribution >= 4 is 16.7 Å². The molecule has 0 saturated carbocycles. The van der Waals surface area contributed by atoms with Gasteiger partial charge in [-0.3, -0.25) is 9.48 Å². The smallest absolute Gasteiger partial charge is 0.259 e. The van der Waals surface area contributed by atoms with E-state index in [0.29, 0.717) is 31.0 Å². The van der Waals surface area contributed by atoms with Crippen LogP contribution in [0.2, 0.25) is 0 Å². The van der Waals surface area contributed by atoms with Gasteiger partial charge in [-0.05, 0) is 60.7 Å². The second-order valence-electron chi connectivity index (χ2n) is 8.18. The Hall–Kier alpha value is -3.54. The Bertz CT molecular complexity index is 1260. The Labute approximate surface area is 187 Å². The van der Waals surface area contributed by atoms with Crippen LogP contribution in [0.1, 0.15) is 46.4 Å². The minimum absolute atomic E-state index is 0.0842. The third-order valence-electron chi connectivity index (χ3n) is 6.16. The van der Waals surface area contributed by atoms with E-state index in [1.807, 2.05) is 72.1 Å². The summed E-state index contributed by atoms with van der Waals surface area (Å²) in [5, 5.41) is 6.66. The lowest BCUT2D eigenvalue weighted by atomic mass is 10.0. The molecule has 2 heterocycles. The first kappa shape index (κ1) is 20.4. The van der Waals surface area contributed by atoms with Gasteiger partial charge in [0.1, 0.15) is 11.5 Å². The highest BCUT2D eigenvalue weighted by atomic mass is 16.5. The first-order chi connectivity index (χ1) is 15.7. The number of carbonyl (C=O) groups excluding carboxylic acids is 1. The van der Waals surface area contributed by atoms with Gasteiger partial charge in [-0.2, -0.15) is 5.10 Å². The van der Waals surface area contributed by atoms with Crippen LogP contribution in [0.25, 0.3) is 10.8 Å². The summed E-state index contributed by atoms with van der Waals surface area (Å²) in [5.41, 5.74) is 4.13. The molecule has 0 saturated heterocycles. The van der Waals surface area contributed by atoms with E-state index < -0.39 is 0 Å². The molecule has 0 aliphatic heterocycles. The van der Waals surface area contributed by atoms with Crippen LogP contribution in [0, 0.1) is 0 Å². The fourth-order valence-corrected chi connectivity index (χ4v) is 4.70. The molecular formula is C26H27N3O3. The monoisotopic (exact) mass is 429 g/mol. The van der Waals surface area contributed by atoms with Crippen molar-refractivity contribution in [2.45, 2.75) is 39.3 Å². The summed E-state index contributed by atoms with van der Waals surface area (Å²) >= 11 is 0. The Kier molecular flexibility index (Phi) is 5.43. The van der Waals surface area contributed by atoms with Gasteiger partial charge in [0, 0.05) is 12.7 Å². The van der Waals surface area contributed by atoms with Crippen LogP contribution in [0.4, 0.5) is 0 Å². The maximum atomic E-state index is 14.1. The molecule has 5 rings (SSSR count). The lowest BCUT2D eigenvalue weighted by molar-refractivity contribution is 0.0712. The molecule has 1 aliphatic rings. The molecule has 2 aromatic carbocycles. The van der Waals surface area contributed by atoms with Crippen molar-refractivity contribution in [3.05, 3.63) is 83.1 Å². The van der Waals surface area contributed by atoms with Crippen molar-refractivity contribution in [1.82, 2.24) is 14.7 Å². The van der Waals surface area contributed by atoms with Crippen molar-refractivity contribution < 1.29 is 13.9 Å². The van der Waals surface area contributed by atoms with E-state index in [4.69, 9.17) is 14.3 Å². The average molecular weight is 430 g/mol. The van der Waals surface area contributed by atoms with Crippen LogP contribution >= 0.6 is 0 Å². The Balaban J connectivity index is 1.58. The number of aromatic nitrogens is 2. The quantitative estimate of drug-likeness (QED) is 0.419. The standard InChI is InChI=1S/C26H27N3O3/c1-3-31-24-14-13-18-8-4-5-10-20(18)25(24)26(30)29(16-19-9-7-15-32-19)17-22-21-11-6-12-23(21)28(2)27-22/h4-5,7-10,13-15H,3,6,11-12,16-17H2,1-2H3. The number of ether oxygens (including phenoxy) is 1. The van der Waals surface area contributed by atoms with Gasteiger partial charge in [-0.15, -0.1) is 0 Å². The maximum Gasteiger partial charge on any atom is 0.259 e. The predicted octanol–water partition coefficient (Wildman–Crippen LogP) is 4.90. The van der Waals surface area contributed by atoms with Gasteiger partial charge in [0.15, 0.2) is 0 Å². The molecule has 6 heteroatoms. The molecule has 2 aromatic heterocycles. The number of hydrogen-bond acceptors (Lipinski definition) is 4. The predicted molar refractivity (Wildman–Crippen MR) is 123 cm³/mol. The summed E-state index contributed by atoms with van der Waals surface area (Å²) in [4.78, 5) is 15.9. The molecule has 0 fully saturated rings. The van der Waals surface area contributed by atoms with Crippen LogP contribution in [0.5, 0.6) is 5.75 Å². The SMILES string of the molecule is CCOc1ccc2ccccc2c1C(=O)N(Cc1ccco1)Cc1nn(C)c2c1CCC2. The van der Waals surface area contributed by atoms with Crippen molar-refractivity contribution in [2.75, 3.05) is 6.61 Å². The third-order valence-corrected chi connectivity index (χ3v) is 6.16. The van der Waals surface area contributed by atoms with Crippen molar-refractivity contribution in [3.63, 3.8) is 0 Å². The van der Waals surface area contributed by atoms with Gasteiger partial charge >= 0.3 is 0 Å². The second-order valence-corrected chi connectivity index (χ2v) is 8.18. The Morgan fingerprint density at radius 2 is 2.00 bits per heavy atom. The zero-order valence-electron chi connectivity index (χ0n) is 18.5. The fraction of sp³-hybridized carbons (Fsp3) is 0.308. The molecule has 0 N–H and O–H groups in total. The fourth-order valence-electron chi connectivity index (χ4n) is 4.70. The number of nitrogens with zero attached hydrogens (tertiary/aromatic N) is 3. The van der Waals surface area contributed by atoms with Crippen LogP contribution in [0.3, 0.4) is 0 Å². The van der Waals surface area contributed by atoms with Crippen molar-refractivity contribution in [2.24, 2.45) is 7.05 Å². The minimum Gasteiger partial charge on any atom is -0.493 e. The van der Waals surface area contributed by atoms with Gasteiger partial charge in [0.05, 0.1) is 37.2 Å². The first-order valence-corrected chi connectivity index (χ1v) is 11.2. The molecule has 0 radical (unpaired) electrons. The summed E-state index contributed by atoms with van der Waals surface area (Å²) in [6.07, 6.45) is 4.83. The highest BCUT2D eigenvalue weighted by Crippen LogP contribution is 2.32. The van der Waals surface area contributed by atoms with E-state index in [-0.39, 0.29) is 5.91 Å². The van der Waals surface area contributed by atoms with Crippen molar-refractivity contribution in [1.29, 1.82) is 0 Å². The molecule has 164 valence electrons.